The summed E-state index contributed by atoms with van der Waals surface area (Å²) in [5.41, 5.74) is 6.73. The lowest BCUT2D eigenvalue weighted by atomic mass is 10.0. The number of methoxy groups -OCH3 is 2. The fourth-order valence-corrected chi connectivity index (χ4v) is 5.22. The predicted octanol–water partition coefficient (Wildman–Crippen LogP) is 9.44. The summed E-state index contributed by atoms with van der Waals surface area (Å²) < 4.78 is 11.6. The second-order valence-electron chi connectivity index (χ2n) is 11.4. The maximum absolute atomic E-state index is 8.95. The summed E-state index contributed by atoms with van der Waals surface area (Å²) in [6, 6.07) is 21.6. The van der Waals surface area contributed by atoms with Gasteiger partial charge in [-0.25, -0.2) is 0 Å². The molecule has 3 aromatic carbocycles. The van der Waals surface area contributed by atoms with Gasteiger partial charge in [0.2, 0.25) is 0 Å². The lowest BCUT2D eigenvalue weighted by molar-refractivity contribution is 0.282. The molecular weight excluding hydrogens is 544 g/mol. The molecule has 3 aromatic rings. The van der Waals surface area contributed by atoms with Crippen LogP contribution in [0.15, 0.2) is 60.7 Å². The van der Waals surface area contributed by atoms with Crippen molar-refractivity contribution in [3.05, 3.63) is 82.9 Å². The Morgan fingerprint density at radius 1 is 0.591 bits per heavy atom. The van der Waals surface area contributed by atoms with Gasteiger partial charge in [0, 0.05) is 55.8 Å². The third-order valence-electron chi connectivity index (χ3n) is 8.05. The summed E-state index contributed by atoms with van der Waals surface area (Å²) >= 11 is 0. The summed E-state index contributed by atoms with van der Waals surface area (Å²) in [4.78, 5) is 4.80. The van der Waals surface area contributed by atoms with Crippen molar-refractivity contribution in [2.24, 2.45) is 0 Å². The normalized spacial score (nSPS) is 11.4. The number of aliphatic hydroxyl groups is 1. The van der Waals surface area contributed by atoms with Crippen LogP contribution in [0.3, 0.4) is 0 Å². The molecule has 0 heterocycles. The first kappa shape index (κ1) is 34.8. The molecule has 5 heteroatoms. The van der Waals surface area contributed by atoms with Gasteiger partial charge in [0.15, 0.2) is 0 Å². The van der Waals surface area contributed by atoms with Crippen LogP contribution in [0.25, 0.3) is 24.3 Å². The molecule has 5 nitrogen and oxygen atoms in total. The van der Waals surface area contributed by atoms with Crippen LogP contribution in [0.2, 0.25) is 0 Å². The number of nitrogens with zero attached hydrogens (tertiary/aromatic N) is 2. The zero-order valence-corrected chi connectivity index (χ0v) is 27.7. The molecule has 0 unspecified atom stereocenters. The number of rotatable bonds is 20. The number of benzene rings is 3. The molecule has 44 heavy (non-hydrogen) atoms. The van der Waals surface area contributed by atoms with Gasteiger partial charge < -0.3 is 24.4 Å². The first-order chi connectivity index (χ1) is 21.5. The highest BCUT2D eigenvalue weighted by Crippen LogP contribution is 2.32. The maximum atomic E-state index is 8.95. The SMILES string of the molecule is CCCCN(CCCC)c1ccc(/C=C/c2cc(OC)c(/C=C/c3ccc(N(C)CCCCCCO)cc3)cc2OC)cc1. The van der Waals surface area contributed by atoms with Crippen molar-refractivity contribution in [3.8, 4) is 11.5 Å². The van der Waals surface area contributed by atoms with E-state index in [-0.39, 0.29) is 6.61 Å². The van der Waals surface area contributed by atoms with Crippen LogP contribution >= 0.6 is 0 Å². The number of anilines is 2. The molecule has 0 spiro atoms. The minimum atomic E-state index is 0.289. The quantitative estimate of drug-likeness (QED) is 0.104. The second kappa shape index (κ2) is 19.6. The van der Waals surface area contributed by atoms with Gasteiger partial charge in [-0.3, -0.25) is 0 Å². The van der Waals surface area contributed by atoms with Crippen LogP contribution in [0.5, 0.6) is 11.5 Å². The summed E-state index contributed by atoms with van der Waals surface area (Å²) in [5, 5.41) is 8.95. The molecule has 0 bridgehead atoms. The predicted molar refractivity (Wildman–Crippen MR) is 191 cm³/mol. The highest BCUT2D eigenvalue weighted by molar-refractivity contribution is 5.79. The zero-order valence-electron chi connectivity index (χ0n) is 27.7. The molecule has 0 aliphatic rings. The minimum Gasteiger partial charge on any atom is -0.496 e. The van der Waals surface area contributed by atoms with Gasteiger partial charge in [-0.05, 0) is 73.2 Å². The zero-order chi connectivity index (χ0) is 31.6. The van der Waals surface area contributed by atoms with E-state index in [1.165, 1.54) is 37.1 Å². The minimum absolute atomic E-state index is 0.289. The monoisotopic (exact) mass is 598 g/mol. The fourth-order valence-electron chi connectivity index (χ4n) is 5.22. The Bertz CT molecular complexity index is 1270. The van der Waals surface area contributed by atoms with Gasteiger partial charge in [0.25, 0.3) is 0 Å². The molecule has 0 atom stereocenters. The van der Waals surface area contributed by atoms with Crippen LogP contribution in [0, 0.1) is 0 Å². The Kier molecular flexibility index (Phi) is 15.5. The van der Waals surface area contributed by atoms with Crippen molar-refractivity contribution >= 4 is 35.7 Å². The fraction of sp³-hybridized carbons (Fsp3) is 0.436. The Morgan fingerprint density at radius 3 is 1.52 bits per heavy atom. The van der Waals surface area contributed by atoms with E-state index in [1.807, 2.05) is 12.1 Å². The molecular formula is C39H54N2O3. The third-order valence-corrected chi connectivity index (χ3v) is 8.05. The number of unbranched alkanes of at least 4 members (excludes halogenated alkanes) is 5. The van der Waals surface area contributed by atoms with Crippen LogP contribution in [-0.4, -0.2) is 52.6 Å². The first-order valence-electron chi connectivity index (χ1n) is 16.4. The molecule has 238 valence electrons. The molecule has 1 N–H and O–H groups in total. The highest BCUT2D eigenvalue weighted by atomic mass is 16.5. The molecule has 0 fully saturated rings. The van der Waals surface area contributed by atoms with Crippen molar-refractivity contribution < 1.29 is 14.6 Å². The molecule has 0 amide bonds. The summed E-state index contributed by atoms with van der Waals surface area (Å²) in [7, 11) is 5.56. The smallest absolute Gasteiger partial charge is 0.126 e. The lowest BCUT2D eigenvalue weighted by Gasteiger charge is -2.24. The first-order valence-corrected chi connectivity index (χ1v) is 16.4. The van der Waals surface area contributed by atoms with E-state index < -0.39 is 0 Å². The van der Waals surface area contributed by atoms with Crippen LogP contribution in [0.1, 0.15) is 87.5 Å². The van der Waals surface area contributed by atoms with Crippen molar-refractivity contribution in [3.63, 3.8) is 0 Å². The molecule has 3 rings (SSSR count). The van der Waals surface area contributed by atoms with Gasteiger partial charge in [-0.15, -0.1) is 0 Å². The Balaban J connectivity index is 1.69. The van der Waals surface area contributed by atoms with Crippen LogP contribution in [-0.2, 0) is 0 Å². The summed E-state index contributed by atoms with van der Waals surface area (Å²) in [6.45, 7) is 8.03. The topological polar surface area (TPSA) is 45.2 Å². The number of aliphatic hydroxyl groups excluding tert-OH is 1. The van der Waals surface area contributed by atoms with E-state index in [1.54, 1.807) is 14.2 Å². The summed E-state index contributed by atoms with van der Waals surface area (Å²) in [5.74, 6) is 1.61. The van der Waals surface area contributed by atoms with E-state index in [4.69, 9.17) is 14.6 Å². The van der Waals surface area contributed by atoms with Crippen molar-refractivity contribution in [2.45, 2.75) is 65.2 Å². The van der Waals surface area contributed by atoms with Gasteiger partial charge in [-0.2, -0.15) is 0 Å². The van der Waals surface area contributed by atoms with Crippen LogP contribution in [0.4, 0.5) is 11.4 Å². The van der Waals surface area contributed by atoms with E-state index in [2.05, 4.69) is 104 Å². The standard InChI is InChI=1S/C39H54N2O3/c1-6-8-27-41(28-9-7-2)37-24-18-33(19-25-37)15-21-35-31-38(43-4)34(30-39(35)44-5)20-14-32-16-22-36(23-17-32)40(3)26-12-10-11-13-29-42/h14-25,30-31,42H,6-13,26-29H2,1-5H3/b20-14+,21-15+. The third kappa shape index (κ3) is 11.1. The maximum Gasteiger partial charge on any atom is 0.126 e. The van der Waals surface area contributed by atoms with E-state index >= 15 is 0 Å². The van der Waals surface area contributed by atoms with Gasteiger partial charge in [0.1, 0.15) is 11.5 Å². The largest absolute Gasteiger partial charge is 0.496 e. The van der Waals surface area contributed by atoms with Gasteiger partial charge >= 0.3 is 0 Å². The molecule has 0 aliphatic heterocycles. The van der Waals surface area contributed by atoms with E-state index in [0.29, 0.717) is 0 Å². The summed E-state index contributed by atoms with van der Waals surface area (Å²) in [6.07, 6.45) is 17.5. The van der Waals surface area contributed by atoms with Crippen molar-refractivity contribution in [1.29, 1.82) is 0 Å². The van der Waals surface area contributed by atoms with E-state index in [0.717, 1.165) is 79.1 Å². The average Bonchev–Trinajstić information content (AvgIpc) is 3.06. The van der Waals surface area contributed by atoms with Gasteiger partial charge in [0.05, 0.1) is 14.2 Å². The number of hydrogen-bond donors (Lipinski definition) is 1. The average molecular weight is 599 g/mol. The molecule has 0 radical (unpaired) electrons. The number of ether oxygens (including phenoxy) is 2. The Labute approximate surface area is 266 Å². The second-order valence-corrected chi connectivity index (χ2v) is 11.4. The number of hydrogen-bond acceptors (Lipinski definition) is 5. The van der Waals surface area contributed by atoms with Crippen molar-refractivity contribution in [1.82, 2.24) is 0 Å². The van der Waals surface area contributed by atoms with Gasteiger partial charge in [-0.1, -0.05) is 88.1 Å². The lowest BCUT2D eigenvalue weighted by Crippen LogP contribution is -2.25. The molecule has 0 saturated carbocycles. The molecule has 0 saturated heterocycles. The van der Waals surface area contributed by atoms with E-state index in [9.17, 15) is 0 Å². The molecule has 0 aliphatic carbocycles. The van der Waals surface area contributed by atoms with Crippen molar-refractivity contribution in [2.75, 3.05) is 57.3 Å². The Hall–Kier alpha value is -3.70. The Morgan fingerprint density at radius 2 is 1.07 bits per heavy atom. The van der Waals surface area contributed by atoms with Crippen LogP contribution < -0.4 is 19.3 Å². The highest BCUT2D eigenvalue weighted by Gasteiger charge is 2.09. The molecule has 0 aromatic heterocycles.